The molecular weight excluding hydrogens is 207 g/mol. The Balaban J connectivity index is 4.15. The van der Waals surface area contributed by atoms with Crippen LogP contribution in [-0.2, 0) is 0 Å². The first-order valence-electron chi connectivity index (χ1n) is 6.20. The lowest BCUT2D eigenvalue weighted by atomic mass is 10.3. The van der Waals surface area contributed by atoms with Crippen LogP contribution in [0.4, 0.5) is 0 Å². The zero-order valence-corrected chi connectivity index (χ0v) is 11.3. The fourth-order valence-electron chi connectivity index (χ4n) is 1.74. The number of unbranched alkanes of at least 4 members (excludes halogenated alkanes) is 2. The van der Waals surface area contributed by atoms with Crippen LogP contribution in [0.1, 0.15) is 46.5 Å². The second-order valence-electron chi connectivity index (χ2n) is 4.23. The third-order valence-corrected chi connectivity index (χ3v) is 6.12. The molecule has 0 aliphatic heterocycles. The smallest absolute Gasteiger partial charge is 0.0601 e. The Morgan fingerprint density at radius 3 is 1.80 bits per heavy atom. The van der Waals surface area contributed by atoms with Crippen LogP contribution in [0.5, 0.6) is 0 Å². The first kappa shape index (κ1) is 15.3. The number of aliphatic hydroxyl groups is 2. The molecule has 0 aliphatic carbocycles. The molecule has 0 heterocycles. The average Bonchev–Trinajstić information content (AvgIpc) is 2.21. The Morgan fingerprint density at radius 2 is 1.53 bits per heavy atom. The molecule has 0 fully saturated rings. The summed E-state index contributed by atoms with van der Waals surface area (Å²) in [6.07, 6.45) is 6.96. The first-order valence-corrected chi connectivity index (χ1v) is 7.98. The highest BCUT2D eigenvalue weighted by atomic mass is 31.1. The maximum Gasteiger partial charge on any atom is 0.0601 e. The van der Waals surface area contributed by atoms with Crippen molar-refractivity contribution in [3.05, 3.63) is 0 Å². The fourth-order valence-corrected chi connectivity index (χ4v) is 4.91. The lowest BCUT2D eigenvalue weighted by Gasteiger charge is -2.28. The normalized spacial score (nSPS) is 15.6. The van der Waals surface area contributed by atoms with Gasteiger partial charge in [0.2, 0.25) is 0 Å². The van der Waals surface area contributed by atoms with Crippen molar-refractivity contribution in [2.24, 2.45) is 0 Å². The van der Waals surface area contributed by atoms with Gasteiger partial charge in [0.05, 0.1) is 12.7 Å². The molecule has 3 heteroatoms. The van der Waals surface area contributed by atoms with E-state index in [4.69, 9.17) is 0 Å². The largest absolute Gasteiger partial charge is 0.396 e. The van der Waals surface area contributed by atoms with Gasteiger partial charge in [-0.05, 0) is 32.1 Å². The molecule has 0 saturated carbocycles. The van der Waals surface area contributed by atoms with Gasteiger partial charge >= 0.3 is 0 Å². The summed E-state index contributed by atoms with van der Waals surface area (Å²) in [5, 5.41) is 19.0. The lowest BCUT2D eigenvalue weighted by molar-refractivity contribution is 0.153. The second kappa shape index (κ2) is 9.57. The van der Waals surface area contributed by atoms with E-state index in [9.17, 15) is 10.2 Å². The number of rotatable bonds is 9. The minimum absolute atomic E-state index is 0.137. The van der Waals surface area contributed by atoms with Crippen molar-refractivity contribution in [2.75, 3.05) is 18.9 Å². The van der Waals surface area contributed by atoms with Crippen LogP contribution in [0.3, 0.4) is 0 Å². The van der Waals surface area contributed by atoms with E-state index in [1.54, 1.807) is 0 Å². The quantitative estimate of drug-likeness (QED) is 0.602. The van der Waals surface area contributed by atoms with E-state index in [1.165, 1.54) is 38.0 Å². The van der Waals surface area contributed by atoms with Crippen LogP contribution in [-0.4, -0.2) is 40.9 Å². The average molecular weight is 234 g/mol. The highest BCUT2D eigenvalue weighted by Gasteiger charge is 2.23. The van der Waals surface area contributed by atoms with Crippen molar-refractivity contribution in [1.29, 1.82) is 0 Å². The third kappa shape index (κ3) is 6.50. The molecule has 0 rings (SSSR count). The molecule has 2 atom stereocenters. The van der Waals surface area contributed by atoms with Crippen molar-refractivity contribution in [2.45, 2.75) is 58.2 Å². The SMILES string of the molecule is CCCCP(CCCC)C(CO)C(C)O. The monoisotopic (exact) mass is 234 g/mol. The molecule has 92 valence electrons. The zero-order valence-electron chi connectivity index (χ0n) is 10.4. The summed E-state index contributed by atoms with van der Waals surface area (Å²) in [7, 11) is -0.175. The van der Waals surface area contributed by atoms with Gasteiger partial charge in [-0.1, -0.05) is 34.6 Å². The molecule has 0 bridgehead atoms. The van der Waals surface area contributed by atoms with E-state index in [0.29, 0.717) is 0 Å². The molecule has 0 aromatic heterocycles. The molecule has 2 unspecified atom stereocenters. The van der Waals surface area contributed by atoms with Crippen molar-refractivity contribution in [3.8, 4) is 0 Å². The van der Waals surface area contributed by atoms with Crippen LogP contribution in [0.25, 0.3) is 0 Å². The van der Waals surface area contributed by atoms with Gasteiger partial charge in [-0.15, -0.1) is 0 Å². The molecule has 0 aliphatic rings. The van der Waals surface area contributed by atoms with E-state index in [-0.39, 0.29) is 26.3 Å². The number of hydrogen-bond donors (Lipinski definition) is 2. The van der Waals surface area contributed by atoms with Gasteiger partial charge in [0, 0.05) is 5.66 Å². The molecule has 0 aromatic rings. The fraction of sp³-hybridized carbons (Fsp3) is 1.00. The van der Waals surface area contributed by atoms with Crippen molar-refractivity contribution in [1.82, 2.24) is 0 Å². The van der Waals surface area contributed by atoms with Crippen molar-refractivity contribution < 1.29 is 10.2 Å². The van der Waals surface area contributed by atoms with Gasteiger partial charge in [-0.25, -0.2) is 0 Å². The predicted octanol–water partition coefficient (Wildman–Crippen LogP) is 2.81. The molecule has 2 N–H and O–H groups in total. The zero-order chi connectivity index (χ0) is 11.7. The highest BCUT2D eigenvalue weighted by Crippen LogP contribution is 2.44. The van der Waals surface area contributed by atoms with Crippen molar-refractivity contribution >= 4 is 7.92 Å². The molecule has 2 nitrogen and oxygen atoms in total. The molecule has 0 saturated heterocycles. The maximum absolute atomic E-state index is 9.64. The lowest BCUT2D eigenvalue weighted by Crippen LogP contribution is -2.27. The topological polar surface area (TPSA) is 40.5 Å². The van der Waals surface area contributed by atoms with Gasteiger partial charge in [-0.2, -0.15) is 0 Å². The van der Waals surface area contributed by atoms with Gasteiger partial charge in [0.1, 0.15) is 0 Å². The number of hydrogen-bond acceptors (Lipinski definition) is 2. The van der Waals surface area contributed by atoms with E-state index >= 15 is 0 Å². The molecule has 0 amide bonds. The predicted molar refractivity (Wildman–Crippen MR) is 69.0 cm³/mol. The third-order valence-electron chi connectivity index (χ3n) is 2.81. The van der Waals surface area contributed by atoms with Gasteiger partial charge < -0.3 is 10.2 Å². The Kier molecular flexibility index (Phi) is 9.79. The van der Waals surface area contributed by atoms with Gasteiger partial charge in [0.25, 0.3) is 0 Å². The van der Waals surface area contributed by atoms with E-state index in [0.717, 1.165) is 0 Å². The minimum atomic E-state index is -0.352. The summed E-state index contributed by atoms with van der Waals surface area (Å²) < 4.78 is 0. The Morgan fingerprint density at radius 1 is 1.07 bits per heavy atom. The summed E-state index contributed by atoms with van der Waals surface area (Å²) in [5.74, 6) is 0. The second-order valence-corrected chi connectivity index (χ2v) is 6.97. The van der Waals surface area contributed by atoms with Crippen LogP contribution in [0.15, 0.2) is 0 Å². The maximum atomic E-state index is 9.64. The van der Waals surface area contributed by atoms with E-state index in [1.807, 2.05) is 6.92 Å². The van der Waals surface area contributed by atoms with Crippen LogP contribution >= 0.6 is 7.92 Å². The molecule has 0 spiro atoms. The van der Waals surface area contributed by atoms with E-state index < -0.39 is 0 Å². The highest BCUT2D eigenvalue weighted by molar-refractivity contribution is 7.58. The standard InChI is InChI=1S/C12H27O2P/c1-4-6-8-15(9-7-5-2)12(10-13)11(3)14/h11-14H,4-10H2,1-3H3. The summed E-state index contributed by atoms with van der Waals surface area (Å²) >= 11 is 0. The van der Waals surface area contributed by atoms with Gasteiger partial charge in [0.15, 0.2) is 0 Å². The van der Waals surface area contributed by atoms with Crippen molar-refractivity contribution in [3.63, 3.8) is 0 Å². The molecular formula is C12H27O2P. The van der Waals surface area contributed by atoms with Crippen LogP contribution in [0.2, 0.25) is 0 Å². The Hall–Kier alpha value is 0.350. The minimum Gasteiger partial charge on any atom is -0.396 e. The Bertz CT molecular complexity index is 132. The van der Waals surface area contributed by atoms with Crippen LogP contribution < -0.4 is 0 Å². The van der Waals surface area contributed by atoms with Crippen LogP contribution in [0, 0.1) is 0 Å². The first-order chi connectivity index (χ1) is 7.17. The summed E-state index contributed by atoms with van der Waals surface area (Å²) in [5.41, 5.74) is 0.137. The summed E-state index contributed by atoms with van der Waals surface area (Å²) in [6, 6.07) is 0. The summed E-state index contributed by atoms with van der Waals surface area (Å²) in [6.45, 7) is 6.36. The molecule has 0 aromatic carbocycles. The van der Waals surface area contributed by atoms with E-state index in [2.05, 4.69) is 13.8 Å². The Labute approximate surface area is 95.8 Å². The number of aliphatic hydroxyl groups excluding tert-OH is 2. The summed E-state index contributed by atoms with van der Waals surface area (Å²) in [4.78, 5) is 0. The molecule has 0 radical (unpaired) electrons. The molecule has 15 heavy (non-hydrogen) atoms. The van der Waals surface area contributed by atoms with Gasteiger partial charge in [-0.3, -0.25) is 0 Å².